The van der Waals surface area contributed by atoms with Crippen molar-refractivity contribution in [3.05, 3.63) is 51.3 Å². The summed E-state index contributed by atoms with van der Waals surface area (Å²) in [7, 11) is 0. The molecule has 2 aromatic rings. The van der Waals surface area contributed by atoms with Gasteiger partial charge >= 0.3 is 6.18 Å². The number of H-pyrrole nitrogens is 1. The number of benzene rings is 1. The Bertz CT molecular complexity index is 1070. The molecule has 0 saturated carbocycles. The lowest BCUT2D eigenvalue weighted by Crippen LogP contribution is -2.35. The minimum absolute atomic E-state index is 0.0303. The molecule has 3 rings (SSSR count). The highest BCUT2D eigenvalue weighted by molar-refractivity contribution is 6.36. The number of halogens is 4. The summed E-state index contributed by atoms with van der Waals surface area (Å²) in [6, 6.07) is 4.66. The summed E-state index contributed by atoms with van der Waals surface area (Å²) >= 11 is 6.00. The summed E-state index contributed by atoms with van der Waals surface area (Å²) in [5.74, 6) is -1.37. The maximum absolute atomic E-state index is 14.0. The van der Waals surface area contributed by atoms with Gasteiger partial charge in [0, 0.05) is 35.1 Å². The lowest BCUT2D eigenvalue weighted by atomic mass is 10.0. The van der Waals surface area contributed by atoms with Gasteiger partial charge in [-0.25, -0.2) is 0 Å². The zero-order valence-electron chi connectivity index (χ0n) is 17.9. The number of alkyl halides is 3. The van der Waals surface area contributed by atoms with E-state index in [1.807, 2.05) is 18.7 Å². The summed E-state index contributed by atoms with van der Waals surface area (Å²) in [5.41, 5.74) is -0.997. The predicted octanol–water partition coefficient (Wildman–Crippen LogP) is 4.56. The number of carbonyl (C=O) groups excluding carboxylic acids is 2. The van der Waals surface area contributed by atoms with E-state index in [4.69, 9.17) is 11.6 Å². The molecular weight excluding hydrogens is 445 g/mol. The zero-order valence-corrected chi connectivity index (χ0v) is 18.7. The Balaban J connectivity index is 1.99. The van der Waals surface area contributed by atoms with Crippen LogP contribution in [0.5, 0.6) is 0 Å². The highest BCUT2D eigenvalue weighted by atomic mass is 35.5. The van der Waals surface area contributed by atoms with Gasteiger partial charge in [0.05, 0.1) is 22.4 Å². The van der Waals surface area contributed by atoms with Crippen molar-refractivity contribution in [2.24, 2.45) is 0 Å². The Hall–Kier alpha value is -2.78. The van der Waals surface area contributed by atoms with Gasteiger partial charge in [-0.2, -0.15) is 13.2 Å². The normalized spacial score (nSPS) is 14.8. The number of amides is 2. The van der Waals surface area contributed by atoms with E-state index in [1.165, 1.54) is 13.0 Å². The Morgan fingerprint density at radius 3 is 2.56 bits per heavy atom. The van der Waals surface area contributed by atoms with Crippen LogP contribution in [-0.4, -0.2) is 47.9 Å². The van der Waals surface area contributed by atoms with Crippen LogP contribution in [0, 0.1) is 6.92 Å². The number of aromatic nitrogens is 1. The fraction of sp³-hybridized carbons (Fsp3) is 0.364. The van der Waals surface area contributed by atoms with Crippen LogP contribution in [0.4, 0.5) is 18.9 Å². The first-order valence-corrected chi connectivity index (χ1v) is 10.6. The molecule has 1 aromatic carbocycles. The molecule has 0 radical (unpaired) electrons. The standard InChI is InChI=1S/C22H24ClF3N4O2/c1-4-30(5-2)9-8-27-21(32)18-12(3)28-17(19(18)22(24,25)26)11-15-14-10-13(23)6-7-16(14)29-20(15)31/h6-7,10-11,28H,4-5,8-9H2,1-3H3,(H,27,32)(H,29,31)/b15-11-. The van der Waals surface area contributed by atoms with E-state index in [0.29, 0.717) is 22.8 Å². The molecule has 2 amide bonds. The van der Waals surface area contributed by atoms with Crippen LogP contribution in [0.15, 0.2) is 18.2 Å². The number of aromatic amines is 1. The minimum Gasteiger partial charge on any atom is -0.358 e. The van der Waals surface area contributed by atoms with E-state index in [0.717, 1.165) is 19.2 Å². The van der Waals surface area contributed by atoms with Gasteiger partial charge in [0.1, 0.15) is 0 Å². The Kier molecular flexibility index (Phi) is 7.00. The highest BCUT2D eigenvalue weighted by Gasteiger charge is 2.40. The van der Waals surface area contributed by atoms with Crippen LogP contribution in [0.25, 0.3) is 11.6 Å². The van der Waals surface area contributed by atoms with Gasteiger partial charge in [0.25, 0.3) is 11.8 Å². The van der Waals surface area contributed by atoms with Crippen molar-refractivity contribution in [2.45, 2.75) is 26.9 Å². The van der Waals surface area contributed by atoms with E-state index in [1.54, 1.807) is 12.1 Å². The quantitative estimate of drug-likeness (QED) is 0.521. The van der Waals surface area contributed by atoms with Crippen molar-refractivity contribution < 1.29 is 22.8 Å². The molecule has 3 N–H and O–H groups in total. The van der Waals surface area contributed by atoms with Crippen LogP contribution in [-0.2, 0) is 11.0 Å². The third kappa shape index (κ3) is 4.83. The zero-order chi connectivity index (χ0) is 23.6. The van der Waals surface area contributed by atoms with E-state index in [2.05, 4.69) is 15.6 Å². The predicted molar refractivity (Wildman–Crippen MR) is 119 cm³/mol. The van der Waals surface area contributed by atoms with Gasteiger partial charge in [0.15, 0.2) is 0 Å². The largest absolute Gasteiger partial charge is 0.419 e. The number of rotatable bonds is 7. The van der Waals surface area contributed by atoms with Crippen LogP contribution >= 0.6 is 11.6 Å². The third-order valence-corrected chi connectivity index (χ3v) is 5.62. The van der Waals surface area contributed by atoms with E-state index < -0.39 is 29.1 Å². The SMILES string of the molecule is CCN(CC)CCNC(=O)c1c(C)[nH]c(/C=C2\C(=O)Nc3ccc(Cl)cc32)c1C(F)(F)F. The molecule has 172 valence electrons. The smallest absolute Gasteiger partial charge is 0.358 e. The molecule has 1 aliphatic heterocycles. The number of aryl methyl sites for hydroxylation is 1. The fourth-order valence-corrected chi connectivity index (χ4v) is 3.91. The van der Waals surface area contributed by atoms with E-state index in [9.17, 15) is 22.8 Å². The number of fused-ring (bicyclic) bond motifs is 1. The molecule has 0 aliphatic carbocycles. The first kappa shape index (κ1) is 23.9. The van der Waals surface area contributed by atoms with Crippen molar-refractivity contribution >= 4 is 40.8 Å². The molecule has 0 spiro atoms. The van der Waals surface area contributed by atoms with Crippen molar-refractivity contribution in [1.29, 1.82) is 0 Å². The van der Waals surface area contributed by atoms with Gasteiger partial charge in [-0.05, 0) is 44.3 Å². The number of nitrogens with zero attached hydrogens (tertiary/aromatic N) is 1. The van der Waals surface area contributed by atoms with Crippen LogP contribution in [0.2, 0.25) is 5.02 Å². The lowest BCUT2D eigenvalue weighted by Gasteiger charge is -2.18. The molecular formula is C22H24ClF3N4O2. The maximum atomic E-state index is 14.0. The Labute approximate surface area is 188 Å². The second-order valence-corrected chi connectivity index (χ2v) is 7.83. The molecule has 0 fully saturated rings. The molecule has 1 aliphatic rings. The number of nitrogens with one attached hydrogen (secondary N) is 3. The topological polar surface area (TPSA) is 77.2 Å². The number of hydrogen-bond acceptors (Lipinski definition) is 3. The molecule has 0 saturated heterocycles. The Morgan fingerprint density at radius 1 is 1.25 bits per heavy atom. The average Bonchev–Trinajstić information content (AvgIpc) is 3.21. The van der Waals surface area contributed by atoms with Gasteiger partial charge in [-0.1, -0.05) is 25.4 Å². The first-order chi connectivity index (χ1) is 15.1. The number of anilines is 1. The molecule has 2 heterocycles. The van der Waals surface area contributed by atoms with Crippen molar-refractivity contribution in [2.75, 3.05) is 31.5 Å². The number of hydrogen-bond donors (Lipinski definition) is 3. The van der Waals surface area contributed by atoms with E-state index >= 15 is 0 Å². The molecule has 0 unspecified atom stereocenters. The number of likely N-dealkylation sites (N-methyl/N-ethyl adjacent to an activating group) is 1. The third-order valence-electron chi connectivity index (χ3n) is 5.39. The van der Waals surface area contributed by atoms with Crippen LogP contribution < -0.4 is 10.6 Å². The minimum atomic E-state index is -4.81. The summed E-state index contributed by atoms with van der Waals surface area (Å²) in [5, 5.41) is 5.52. The summed E-state index contributed by atoms with van der Waals surface area (Å²) < 4.78 is 42.0. The monoisotopic (exact) mass is 468 g/mol. The van der Waals surface area contributed by atoms with Crippen molar-refractivity contribution in [3.8, 4) is 0 Å². The average molecular weight is 469 g/mol. The first-order valence-electron chi connectivity index (χ1n) is 10.2. The maximum Gasteiger partial charge on any atom is 0.419 e. The van der Waals surface area contributed by atoms with Crippen LogP contribution in [0.1, 0.15) is 46.7 Å². The second kappa shape index (κ2) is 9.38. The molecule has 6 nitrogen and oxygen atoms in total. The van der Waals surface area contributed by atoms with Crippen molar-refractivity contribution in [1.82, 2.24) is 15.2 Å². The van der Waals surface area contributed by atoms with Crippen molar-refractivity contribution in [3.63, 3.8) is 0 Å². The second-order valence-electron chi connectivity index (χ2n) is 7.40. The summed E-state index contributed by atoms with van der Waals surface area (Å²) in [6.45, 7) is 7.62. The molecule has 0 bridgehead atoms. The number of carbonyl (C=O) groups is 2. The highest BCUT2D eigenvalue weighted by Crippen LogP contribution is 2.40. The molecule has 1 aromatic heterocycles. The molecule has 32 heavy (non-hydrogen) atoms. The summed E-state index contributed by atoms with van der Waals surface area (Å²) in [4.78, 5) is 29.8. The van der Waals surface area contributed by atoms with Gasteiger partial charge in [0.2, 0.25) is 0 Å². The molecule has 10 heteroatoms. The van der Waals surface area contributed by atoms with E-state index in [-0.39, 0.29) is 23.5 Å². The fourth-order valence-electron chi connectivity index (χ4n) is 3.74. The Morgan fingerprint density at radius 2 is 1.94 bits per heavy atom. The van der Waals surface area contributed by atoms with Gasteiger partial charge in [-0.3, -0.25) is 9.59 Å². The van der Waals surface area contributed by atoms with Crippen LogP contribution in [0.3, 0.4) is 0 Å². The van der Waals surface area contributed by atoms with Gasteiger partial charge in [-0.15, -0.1) is 0 Å². The molecule has 0 atom stereocenters. The summed E-state index contributed by atoms with van der Waals surface area (Å²) in [6.07, 6.45) is -3.70. The van der Waals surface area contributed by atoms with Gasteiger partial charge < -0.3 is 20.5 Å². The lowest BCUT2D eigenvalue weighted by molar-refractivity contribution is -0.138.